The van der Waals surface area contributed by atoms with Gasteiger partial charge in [-0.1, -0.05) is 28.8 Å². The van der Waals surface area contributed by atoms with Gasteiger partial charge in [-0.25, -0.2) is 8.78 Å². The van der Waals surface area contributed by atoms with E-state index in [1.165, 1.54) is 25.0 Å². The number of ether oxygens (including phenoxy) is 1. The van der Waals surface area contributed by atoms with Crippen molar-refractivity contribution >= 4 is 15.9 Å². The van der Waals surface area contributed by atoms with Gasteiger partial charge in [0.05, 0.1) is 6.61 Å². The molecule has 94 valence electrons. The van der Waals surface area contributed by atoms with Crippen LogP contribution >= 0.6 is 15.9 Å². The number of alkyl halides is 1. The lowest BCUT2D eigenvalue weighted by molar-refractivity contribution is 0.168. The third-order valence-electron chi connectivity index (χ3n) is 3.38. The van der Waals surface area contributed by atoms with Crippen LogP contribution in [0.25, 0.3) is 0 Å². The predicted molar refractivity (Wildman–Crippen MR) is 66.5 cm³/mol. The van der Waals surface area contributed by atoms with Gasteiger partial charge in [0.15, 0.2) is 11.6 Å². The van der Waals surface area contributed by atoms with E-state index < -0.39 is 11.6 Å². The molecule has 1 fully saturated rings. The quantitative estimate of drug-likeness (QED) is 0.754. The van der Waals surface area contributed by atoms with Crippen LogP contribution in [-0.4, -0.2) is 11.9 Å². The molecule has 0 aliphatic heterocycles. The van der Waals surface area contributed by atoms with Gasteiger partial charge in [-0.2, -0.15) is 0 Å². The average Bonchev–Trinajstić information content (AvgIpc) is 2.77. The first-order chi connectivity index (χ1) is 8.15. The molecule has 17 heavy (non-hydrogen) atoms. The van der Waals surface area contributed by atoms with Crippen LogP contribution in [0.2, 0.25) is 0 Å². The third kappa shape index (κ3) is 2.97. The minimum Gasteiger partial charge on any atom is -0.490 e. The first-order valence-corrected chi connectivity index (χ1v) is 6.91. The summed E-state index contributed by atoms with van der Waals surface area (Å²) in [4.78, 5) is 0. The zero-order valence-corrected chi connectivity index (χ0v) is 11.1. The summed E-state index contributed by atoms with van der Waals surface area (Å²) >= 11 is 3.50. The van der Waals surface area contributed by atoms with Crippen molar-refractivity contribution in [1.29, 1.82) is 0 Å². The summed E-state index contributed by atoms with van der Waals surface area (Å²) in [6.07, 6.45) is 4.59. The molecule has 0 bridgehead atoms. The fraction of sp³-hybridized carbons (Fsp3) is 0.538. The third-order valence-corrected chi connectivity index (χ3v) is 4.56. The van der Waals surface area contributed by atoms with Crippen LogP contribution in [0.3, 0.4) is 0 Å². The van der Waals surface area contributed by atoms with Crippen LogP contribution < -0.4 is 4.74 Å². The highest BCUT2D eigenvalue weighted by molar-refractivity contribution is 9.09. The molecule has 0 heterocycles. The maximum absolute atomic E-state index is 13.4. The van der Waals surface area contributed by atoms with Crippen LogP contribution in [0.5, 0.6) is 5.75 Å². The zero-order chi connectivity index (χ0) is 12.3. The van der Waals surface area contributed by atoms with Gasteiger partial charge in [0.25, 0.3) is 0 Å². The molecule has 2 rings (SSSR count). The fourth-order valence-corrected chi connectivity index (χ4v) is 2.99. The molecule has 0 unspecified atom stereocenters. The highest BCUT2D eigenvalue weighted by atomic mass is 79.9. The standard InChI is InChI=1S/C13H15BrF2O/c14-8-13(5-1-2-6-13)9-17-12-4-3-10(15)7-11(12)16/h3-4,7H,1-2,5-6,8-9H2. The van der Waals surface area contributed by atoms with Gasteiger partial charge in [-0.15, -0.1) is 0 Å². The van der Waals surface area contributed by atoms with Crippen molar-refractivity contribution in [1.82, 2.24) is 0 Å². The molecule has 1 nitrogen and oxygen atoms in total. The van der Waals surface area contributed by atoms with Gasteiger partial charge in [0.1, 0.15) is 5.82 Å². The molecule has 0 saturated heterocycles. The van der Waals surface area contributed by atoms with Crippen LogP contribution in [0.4, 0.5) is 8.78 Å². The van der Waals surface area contributed by atoms with Crippen LogP contribution in [0.15, 0.2) is 18.2 Å². The van der Waals surface area contributed by atoms with Crippen LogP contribution in [0.1, 0.15) is 25.7 Å². The fourth-order valence-electron chi connectivity index (χ4n) is 2.26. The van der Waals surface area contributed by atoms with E-state index in [0.29, 0.717) is 6.61 Å². The van der Waals surface area contributed by atoms with Gasteiger partial charge in [-0.3, -0.25) is 0 Å². The van der Waals surface area contributed by atoms with E-state index in [0.717, 1.165) is 24.2 Å². The smallest absolute Gasteiger partial charge is 0.167 e. The Morgan fingerprint density at radius 1 is 1.24 bits per heavy atom. The molecule has 4 heteroatoms. The summed E-state index contributed by atoms with van der Waals surface area (Å²) in [5.41, 5.74) is 0.112. The Bertz CT molecular complexity index is 389. The Morgan fingerprint density at radius 3 is 2.53 bits per heavy atom. The second kappa shape index (κ2) is 5.34. The lowest BCUT2D eigenvalue weighted by Gasteiger charge is -2.26. The largest absolute Gasteiger partial charge is 0.490 e. The zero-order valence-electron chi connectivity index (χ0n) is 9.52. The van der Waals surface area contributed by atoms with Crippen molar-refractivity contribution in [2.24, 2.45) is 5.41 Å². The molecule has 1 aromatic carbocycles. The summed E-state index contributed by atoms with van der Waals surface area (Å²) in [7, 11) is 0. The topological polar surface area (TPSA) is 9.23 Å². The molecule has 0 atom stereocenters. The molecule has 1 aliphatic carbocycles. The Balaban J connectivity index is 2.01. The highest BCUT2D eigenvalue weighted by Gasteiger charge is 2.33. The Labute approximate surface area is 108 Å². The molecule has 1 saturated carbocycles. The summed E-state index contributed by atoms with van der Waals surface area (Å²) in [5.74, 6) is -1.07. The Morgan fingerprint density at radius 2 is 1.94 bits per heavy atom. The molecule has 1 aliphatic rings. The lowest BCUT2D eigenvalue weighted by atomic mass is 9.90. The van der Waals surface area contributed by atoms with Crippen molar-refractivity contribution in [3.05, 3.63) is 29.8 Å². The monoisotopic (exact) mass is 304 g/mol. The lowest BCUT2D eigenvalue weighted by Crippen LogP contribution is -2.27. The summed E-state index contributed by atoms with van der Waals surface area (Å²) in [5, 5.41) is 0.864. The Kier molecular flexibility index (Phi) is 4.02. The average molecular weight is 305 g/mol. The van der Waals surface area contributed by atoms with E-state index in [-0.39, 0.29) is 11.2 Å². The van der Waals surface area contributed by atoms with Gasteiger partial charge >= 0.3 is 0 Å². The number of hydrogen-bond acceptors (Lipinski definition) is 1. The molecular weight excluding hydrogens is 290 g/mol. The highest BCUT2D eigenvalue weighted by Crippen LogP contribution is 2.40. The van der Waals surface area contributed by atoms with Crippen molar-refractivity contribution in [2.75, 3.05) is 11.9 Å². The number of benzene rings is 1. The van der Waals surface area contributed by atoms with E-state index in [9.17, 15) is 8.78 Å². The SMILES string of the molecule is Fc1ccc(OCC2(CBr)CCCC2)c(F)c1. The van der Waals surface area contributed by atoms with E-state index in [4.69, 9.17) is 4.74 Å². The van der Waals surface area contributed by atoms with Gasteiger partial charge < -0.3 is 4.74 Å². The van der Waals surface area contributed by atoms with Crippen LogP contribution in [-0.2, 0) is 0 Å². The van der Waals surface area contributed by atoms with Crippen molar-refractivity contribution in [2.45, 2.75) is 25.7 Å². The number of rotatable bonds is 4. The van der Waals surface area contributed by atoms with E-state index >= 15 is 0 Å². The maximum atomic E-state index is 13.4. The van der Waals surface area contributed by atoms with E-state index in [1.54, 1.807) is 0 Å². The normalized spacial score (nSPS) is 18.3. The van der Waals surface area contributed by atoms with Crippen molar-refractivity contribution < 1.29 is 13.5 Å². The van der Waals surface area contributed by atoms with Gasteiger partial charge in [-0.05, 0) is 25.0 Å². The van der Waals surface area contributed by atoms with Crippen LogP contribution in [0, 0.1) is 17.0 Å². The first kappa shape index (κ1) is 12.8. The first-order valence-electron chi connectivity index (χ1n) is 5.79. The predicted octanol–water partition coefficient (Wildman–Crippen LogP) is 4.30. The summed E-state index contributed by atoms with van der Waals surface area (Å²) in [6, 6.07) is 3.42. The number of halogens is 3. The number of hydrogen-bond donors (Lipinski definition) is 0. The Hall–Kier alpha value is -0.640. The molecule has 1 aromatic rings. The van der Waals surface area contributed by atoms with Crippen molar-refractivity contribution in [3.8, 4) is 5.75 Å². The summed E-state index contributed by atoms with van der Waals surface area (Å²) in [6.45, 7) is 0.487. The molecule has 0 N–H and O–H groups in total. The molecular formula is C13H15BrF2O. The second-order valence-corrected chi connectivity index (χ2v) is 5.26. The molecule has 0 radical (unpaired) electrons. The maximum Gasteiger partial charge on any atom is 0.167 e. The van der Waals surface area contributed by atoms with E-state index in [1.807, 2.05) is 0 Å². The molecule has 0 aromatic heterocycles. The minimum absolute atomic E-state index is 0.112. The van der Waals surface area contributed by atoms with E-state index in [2.05, 4.69) is 15.9 Å². The second-order valence-electron chi connectivity index (χ2n) is 4.70. The molecule has 0 spiro atoms. The minimum atomic E-state index is -0.632. The van der Waals surface area contributed by atoms with Crippen molar-refractivity contribution in [3.63, 3.8) is 0 Å². The van der Waals surface area contributed by atoms with Gasteiger partial charge in [0, 0.05) is 16.8 Å². The van der Waals surface area contributed by atoms with Gasteiger partial charge in [0.2, 0.25) is 0 Å². The summed E-state index contributed by atoms with van der Waals surface area (Å²) < 4.78 is 31.6. The molecule has 0 amide bonds.